The van der Waals surface area contributed by atoms with Crippen LogP contribution in [-0.2, 0) is 16.0 Å². The minimum absolute atomic E-state index is 0.232. The Morgan fingerprint density at radius 1 is 1.33 bits per heavy atom. The molecule has 0 aliphatic rings. The number of esters is 1. The minimum Gasteiger partial charge on any atom is -0.460 e. The van der Waals surface area contributed by atoms with Crippen LogP contribution in [0.1, 0.15) is 33.1 Å². The number of benzene rings is 1. The van der Waals surface area contributed by atoms with Crippen LogP contribution in [0.4, 0.5) is 0 Å². The normalized spacial score (nSPS) is 11.7. The highest BCUT2D eigenvalue weighted by Gasteiger charge is 2.17. The number of carbonyl (C=O) groups excluding carboxylic acids is 1. The molecule has 0 N–H and O–H groups in total. The molecule has 0 amide bonds. The smallest absolute Gasteiger partial charge is 0.306 e. The van der Waals surface area contributed by atoms with Crippen molar-refractivity contribution >= 4 is 17.1 Å². The van der Waals surface area contributed by atoms with Crippen LogP contribution in [0.5, 0.6) is 0 Å². The molecule has 0 saturated carbocycles. The highest BCUT2D eigenvalue weighted by atomic mass is 16.6. The largest absolute Gasteiger partial charge is 0.460 e. The van der Waals surface area contributed by atoms with Gasteiger partial charge in [0.1, 0.15) is 11.1 Å². The Bertz CT molecular complexity index is 518. The molecule has 0 spiro atoms. The molecule has 0 aliphatic carbocycles. The number of ether oxygens (including phenoxy) is 1. The molecule has 0 atom stereocenters. The van der Waals surface area contributed by atoms with Crippen molar-refractivity contribution in [2.24, 2.45) is 0 Å². The van der Waals surface area contributed by atoms with Gasteiger partial charge >= 0.3 is 5.97 Å². The lowest BCUT2D eigenvalue weighted by Crippen LogP contribution is -2.24. The lowest BCUT2D eigenvalue weighted by Gasteiger charge is -2.19. The summed E-state index contributed by atoms with van der Waals surface area (Å²) in [6.07, 6.45) is 0.744. The Morgan fingerprint density at radius 2 is 2.06 bits per heavy atom. The standard InChI is InChI=1S/C14H17NO3/c1-14(2,3)18-13(16)9-8-12-15-10-6-4-5-7-11(10)17-12/h4-7H,8-9H2,1-3H3. The molecule has 0 bridgehead atoms. The maximum Gasteiger partial charge on any atom is 0.306 e. The van der Waals surface area contributed by atoms with Gasteiger partial charge in [-0.3, -0.25) is 4.79 Å². The van der Waals surface area contributed by atoms with Crippen LogP contribution in [0.3, 0.4) is 0 Å². The van der Waals surface area contributed by atoms with Gasteiger partial charge in [-0.05, 0) is 32.9 Å². The van der Waals surface area contributed by atoms with Crippen LogP contribution in [0.2, 0.25) is 0 Å². The minimum atomic E-state index is -0.446. The molecular formula is C14H17NO3. The van der Waals surface area contributed by atoms with Crippen molar-refractivity contribution in [2.45, 2.75) is 39.2 Å². The number of hydrogen-bond acceptors (Lipinski definition) is 4. The molecule has 0 saturated heterocycles. The number of aromatic nitrogens is 1. The fourth-order valence-corrected chi connectivity index (χ4v) is 1.63. The topological polar surface area (TPSA) is 52.3 Å². The second kappa shape index (κ2) is 4.80. The number of nitrogens with zero attached hydrogens (tertiary/aromatic N) is 1. The van der Waals surface area contributed by atoms with Crippen LogP contribution >= 0.6 is 0 Å². The number of para-hydroxylation sites is 2. The Kier molecular flexibility index (Phi) is 3.36. The van der Waals surface area contributed by atoms with Crippen LogP contribution in [0, 0.1) is 0 Å². The highest BCUT2D eigenvalue weighted by Crippen LogP contribution is 2.16. The van der Waals surface area contributed by atoms with Crippen molar-refractivity contribution in [3.63, 3.8) is 0 Å². The van der Waals surface area contributed by atoms with E-state index in [0.29, 0.717) is 12.3 Å². The van der Waals surface area contributed by atoms with Gasteiger partial charge < -0.3 is 9.15 Å². The van der Waals surface area contributed by atoms with Gasteiger partial charge in [0.2, 0.25) is 0 Å². The van der Waals surface area contributed by atoms with Gasteiger partial charge in [-0.25, -0.2) is 4.98 Å². The monoisotopic (exact) mass is 247 g/mol. The maximum atomic E-state index is 11.6. The molecule has 18 heavy (non-hydrogen) atoms. The van der Waals surface area contributed by atoms with Gasteiger partial charge in [0, 0.05) is 6.42 Å². The lowest BCUT2D eigenvalue weighted by atomic mass is 10.2. The van der Waals surface area contributed by atoms with Gasteiger partial charge in [-0.15, -0.1) is 0 Å². The Morgan fingerprint density at radius 3 is 2.72 bits per heavy atom. The van der Waals surface area contributed by atoms with Crippen molar-refractivity contribution in [3.8, 4) is 0 Å². The molecule has 0 radical (unpaired) electrons. The number of rotatable bonds is 3. The quantitative estimate of drug-likeness (QED) is 0.782. The summed E-state index contributed by atoms with van der Waals surface area (Å²) in [5.41, 5.74) is 1.12. The second-order valence-corrected chi connectivity index (χ2v) is 5.16. The van der Waals surface area contributed by atoms with E-state index in [0.717, 1.165) is 11.1 Å². The zero-order valence-corrected chi connectivity index (χ0v) is 10.9. The van der Waals surface area contributed by atoms with Gasteiger partial charge in [0.15, 0.2) is 11.5 Å². The fraction of sp³-hybridized carbons (Fsp3) is 0.429. The number of carbonyl (C=O) groups is 1. The Labute approximate surface area is 106 Å². The summed E-state index contributed by atoms with van der Waals surface area (Å²) in [6, 6.07) is 7.54. The van der Waals surface area contributed by atoms with E-state index in [-0.39, 0.29) is 12.4 Å². The molecule has 96 valence electrons. The summed E-state index contributed by atoms with van der Waals surface area (Å²) < 4.78 is 10.8. The van der Waals surface area contributed by atoms with E-state index in [1.54, 1.807) is 0 Å². The predicted molar refractivity (Wildman–Crippen MR) is 68.2 cm³/mol. The van der Waals surface area contributed by atoms with E-state index < -0.39 is 5.60 Å². The van der Waals surface area contributed by atoms with E-state index >= 15 is 0 Å². The molecule has 0 fully saturated rings. The molecule has 0 aliphatic heterocycles. The van der Waals surface area contributed by atoms with Crippen LogP contribution in [0.25, 0.3) is 11.1 Å². The fourth-order valence-electron chi connectivity index (χ4n) is 1.63. The van der Waals surface area contributed by atoms with Crippen molar-refractivity contribution in [1.29, 1.82) is 0 Å². The van der Waals surface area contributed by atoms with Crippen molar-refractivity contribution in [2.75, 3.05) is 0 Å². The summed E-state index contributed by atoms with van der Waals surface area (Å²) >= 11 is 0. The first-order valence-corrected chi connectivity index (χ1v) is 6.00. The van der Waals surface area contributed by atoms with E-state index in [9.17, 15) is 4.79 Å². The zero-order chi connectivity index (χ0) is 13.2. The van der Waals surface area contributed by atoms with E-state index in [4.69, 9.17) is 9.15 Å². The molecule has 2 rings (SSSR count). The van der Waals surface area contributed by atoms with E-state index in [1.807, 2.05) is 45.0 Å². The number of fused-ring (bicyclic) bond motifs is 1. The van der Waals surface area contributed by atoms with E-state index in [2.05, 4.69) is 4.98 Å². The summed E-state index contributed by atoms with van der Waals surface area (Å²) in [6.45, 7) is 5.55. The first-order chi connectivity index (χ1) is 8.44. The van der Waals surface area contributed by atoms with E-state index in [1.165, 1.54) is 0 Å². The third kappa shape index (κ3) is 3.32. The predicted octanol–water partition coefficient (Wildman–Crippen LogP) is 3.10. The Hall–Kier alpha value is -1.84. The number of hydrogen-bond donors (Lipinski definition) is 0. The van der Waals surface area contributed by atoms with Crippen molar-refractivity contribution in [1.82, 2.24) is 4.98 Å². The van der Waals surface area contributed by atoms with Crippen molar-refractivity contribution in [3.05, 3.63) is 30.2 Å². The van der Waals surface area contributed by atoms with Crippen LogP contribution < -0.4 is 0 Å². The van der Waals surface area contributed by atoms with Gasteiger partial charge in [0.25, 0.3) is 0 Å². The molecule has 0 unspecified atom stereocenters. The number of oxazole rings is 1. The second-order valence-electron chi connectivity index (χ2n) is 5.16. The van der Waals surface area contributed by atoms with Gasteiger partial charge in [-0.1, -0.05) is 12.1 Å². The summed E-state index contributed by atoms with van der Waals surface area (Å²) in [5.74, 6) is 0.340. The summed E-state index contributed by atoms with van der Waals surface area (Å²) in [7, 11) is 0. The molecule has 4 heteroatoms. The molecule has 1 aromatic heterocycles. The van der Waals surface area contributed by atoms with Gasteiger partial charge in [0.05, 0.1) is 6.42 Å². The van der Waals surface area contributed by atoms with Crippen LogP contribution in [-0.4, -0.2) is 16.6 Å². The summed E-state index contributed by atoms with van der Waals surface area (Å²) in [4.78, 5) is 15.9. The first-order valence-electron chi connectivity index (χ1n) is 6.00. The lowest BCUT2D eigenvalue weighted by molar-refractivity contribution is -0.154. The average molecular weight is 247 g/mol. The molecule has 2 aromatic rings. The molecular weight excluding hydrogens is 230 g/mol. The van der Waals surface area contributed by atoms with Crippen molar-refractivity contribution < 1.29 is 13.9 Å². The first kappa shape index (κ1) is 12.6. The molecule has 1 aromatic carbocycles. The third-order valence-corrected chi connectivity index (χ3v) is 2.30. The highest BCUT2D eigenvalue weighted by molar-refractivity contribution is 5.73. The summed E-state index contributed by atoms with van der Waals surface area (Å²) in [5, 5.41) is 0. The molecule has 4 nitrogen and oxygen atoms in total. The number of aryl methyl sites for hydroxylation is 1. The average Bonchev–Trinajstić information content (AvgIpc) is 2.66. The third-order valence-electron chi connectivity index (χ3n) is 2.30. The maximum absolute atomic E-state index is 11.6. The molecule has 1 heterocycles. The SMILES string of the molecule is CC(C)(C)OC(=O)CCc1nc2ccccc2o1. The van der Waals surface area contributed by atoms with Crippen LogP contribution in [0.15, 0.2) is 28.7 Å². The zero-order valence-electron chi connectivity index (χ0n) is 10.9. The Balaban J connectivity index is 1.96. The van der Waals surface area contributed by atoms with Gasteiger partial charge in [-0.2, -0.15) is 0 Å².